The van der Waals surface area contributed by atoms with E-state index in [1.165, 1.54) is 5.56 Å². The summed E-state index contributed by atoms with van der Waals surface area (Å²) in [7, 11) is 3.73. The summed E-state index contributed by atoms with van der Waals surface area (Å²) in [4.78, 5) is 15.0. The van der Waals surface area contributed by atoms with Gasteiger partial charge in [0.2, 0.25) is 5.91 Å². The third-order valence-corrected chi connectivity index (χ3v) is 8.07. The van der Waals surface area contributed by atoms with Gasteiger partial charge in [-0.1, -0.05) is 12.0 Å². The molecule has 33 heavy (non-hydrogen) atoms. The third kappa shape index (κ3) is 3.25. The number of methoxy groups -OCH3 is 1. The third-order valence-electron chi connectivity index (χ3n) is 8.07. The number of ether oxygens (including phenoxy) is 4. The van der Waals surface area contributed by atoms with Crippen LogP contribution in [0.1, 0.15) is 30.4 Å². The van der Waals surface area contributed by atoms with Crippen LogP contribution in [0.25, 0.3) is 0 Å². The minimum atomic E-state index is -0.915. The molecule has 2 fully saturated rings. The van der Waals surface area contributed by atoms with Crippen molar-refractivity contribution in [1.82, 2.24) is 10.2 Å². The predicted octanol–water partition coefficient (Wildman–Crippen LogP) is 0.630. The Bertz CT molecular complexity index is 976. The van der Waals surface area contributed by atoms with Gasteiger partial charge in [0.05, 0.1) is 37.4 Å². The molecule has 4 aliphatic rings. The smallest absolute Gasteiger partial charge is 0.246 e. The molecule has 2 bridgehead atoms. The van der Waals surface area contributed by atoms with Gasteiger partial charge in [-0.3, -0.25) is 4.79 Å². The van der Waals surface area contributed by atoms with Gasteiger partial charge >= 0.3 is 0 Å². The number of terminal acetylenes is 1. The zero-order chi connectivity index (χ0) is 23.2. The molecule has 2 heterocycles. The number of hydrogen-bond acceptors (Lipinski definition) is 7. The Kier molecular flexibility index (Phi) is 5.78. The Hall–Kier alpha value is -2.31. The van der Waals surface area contributed by atoms with Crippen LogP contribution in [0.4, 0.5) is 0 Å². The van der Waals surface area contributed by atoms with Crippen molar-refractivity contribution in [3.8, 4) is 23.8 Å². The van der Waals surface area contributed by atoms with E-state index in [2.05, 4.69) is 29.3 Å². The van der Waals surface area contributed by atoms with E-state index in [9.17, 15) is 9.90 Å². The number of likely N-dealkylation sites (tertiary alicyclic amines) is 1. The van der Waals surface area contributed by atoms with E-state index >= 15 is 0 Å². The fourth-order valence-corrected chi connectivity index (χ4v) is 6.71. The molecule has 178 valence electrons. The van der Waals surface area contributed by atoms with Gasteiger partial charge in [-0.05, 0) is 50.9 Å². The topological polar surface area (TPSA) is 89.5 Å². The lowest BCUT2D eigenvalue weighted by atomic mass is 9.48. The molecule has 0 aromatic heterocycles. The molecule has 1 spiro atoms. The normalized spacial score (nSPS) is 33.6. The molecule has 8 heteroatoms. The number of nitrogens with zero attached hydrogens (tertiary/aromatic N) is 1. The van der Waals surface area contributed by atoms with Crippen LogP contribution in [0.5, 0.6) is 11.5 Å². The molecule has 2 aliphatic carbocycles. The van der Waals surface area contributed by atoms with E-state index in [1.54, 1.807) is 7.11 Å². The van der Waals surface area contributed by atoms with Crippen LogP contribution >= 0.6 is 0 Å². The Balaban J connectivity index is 1.39. The lowest BCUT2D eigenvalue weighted by Gasteiger charge is -2.63. The highest BCUT2D eigenvalue weighted by molar-refractivity contribution is 5.78. The highest BCUT2D eigenvalue weighted by atomic mass is 16.5. The van der Waals surface area contributed by atoms with Crippen LogP contribution < -0.4 is 14.8 Å². The fraction of sp³-hybridized carbons (Fsp3) is 0.640. The zero-order valence-electron chi connectivity index (χ0n) is 19.3. The first kappa shape index (κ1) is 22.5. The minimum Gasteiger partial charge on any atom is -0.493 e. The van der Waals surface area contributed by atoms with Gasteiger partial charge < -0.3 is 34.3 Å². The average Bonchev–Trinajstić information content (AvgIpc) is 3.16. The monoisotopic (exact) mass is 456 g/mol. The maximum absolute atomic E-state index is 12.7. The van der Waals surface area contributed by atoms with Gasteiger partial charge in [0.1, 0.15) is 19.3 Å². The van der Waals surface area contributed by atoms with Gasteiger partial charge in [0, 0.05) is 11.6 Å². The first-order valence-electron chi connectivity index (χ1n) is 11.6. The van der Waals surface area contributed by atoms with E-state index in [-0.39, 0.29) is 37.3 Å². The Labute approximate surface area is 194 Å². The number of amides is 1. The van der Waals surface area contributed by atoms with Crippen LogP contribution in [-0.2, 0) is 26.1 Å². The van der Waals surface area contributed by atoms with Crippen LogP contribution in [0.3, 0.4) is 0 Å². The van der Waals surface area contributed by atoms with Crippen molar-refractivity contribution in [3.05, 3.63) is 23.3 Å². The van der Waals surface area contributed by atoms with Crippen LogP contribution in [0, 0.1) is 12.3 Å². The minimum absolute atomic E-state index is 0.0205. The molecule has 1 saturated heterocycles. The molecule has 1 aromatic rings. The summed E-state index contributed by atoms with van der Waals surface area (Å²) < 4.78 is 22.8. The number of benzene rings is 1. The standard InChI is InChI=1S/C25H32N2O6/c1-4-11-31-12-13-32-15-20(28)26-17-7-8-25(29)19-14-16-5-6-18(30-3)22-21(16)24(25,23(17)33-22)9-10-27(19)2/h1,5-6,17,19,23,29H,7-15H2,2-3H3,(H,26,28)/t17-,19?,23-,24-,25+/m0/s1. The first-order valence-corrected chi connectivity index (χ1v) is 11.6. The highest BCUT2D eigenvalue weighted by Crippen LogP contribution is 2.65. The molecule has 5 rings (SSSR count). The van der Waals surface area contributed by atoms with E-state index in [1.807, 2.05) is 6.07 Å². The number of carbonyl (C=O) groups excluding carboxylic acids is 1. The quantitative estimate of drug-likeness (QED) is 0.438. The van der Waals surface area contributed by atoms with Crippen molar-refractivity contribution in [2.75, 3.05) is 47.1 Å². The van der Waals surface area contributed by atoms with Crippen molar-refractivity contribution in [3.63, 3.8) is 0 Å². The SMILES string of the molecule is C#CCOCCOCC(=O)N[C@H]1CC[C@@]2(O)C3Cc4ccc(OC)c5c4[C@@]2(CCN3C)[C@H]1O5. The van der Waals surface area contributed by atoms with Crippen molar-refractivity contribution in [1.29, 1.82) is 0 Å². The van der Waals surface area contributed by atoms with Gasteiger partial charge in [0.25, 0.3) is 0 Å². The number of likely N-dealkylation sites (N-methyl/N-ethyl adjacent to an activating group) is 1. The van der Waals surface area contributed by atoms with Crippen molar-refractivity contribution < 1.29 is 28.8 Å². The fourth-order valence-electron chi connectivity index (χ4n) is 6.71. The van der Waals surface area contributed by atoms with Crippen LogP contribution in [0.2, 0.25) is 0 Å². The van der Waals surface area contributed by atoms with Gasteiger partial charge in [-0.15, -0.1) is 6.42 Å². The molecule has 5 atom stereocenters. The summed E-state index contributed by atoms with van der Waals surface area (Å²) in [6, 6.07) is 3.85. The maximum Gasteiger partial charge on any atom is 0.246 e. The summed E-state index contributed by atoms with van der Waals surface area (Å²) in [5.74, 6) is 3.59. The molecule has 1 aromatic carbocycles. The zero-order valence-corrected chi connectivity index (χ0v) is 19.3. The molecular formula is C25H32N2O6. The second-order valence-electron chi connectivity index (χ2n) is 9.54. The Morgan fingerprint density at radius 3 is 2.97 bits per heavy atom. The second-order valence-corrected chi connectivity index (χ2v) is 9.54. The molecule has 1 unspecified atom stereocenters. The molecular weight excluding hydrogens is 424 g/mol. The summed E-state index contributed by atoms with van der Waals surface area (Å²) >= 11 is 0. The number of aliphatic hydroxyl groups is 1. The van der Waals surface area contributed by atoms with Crippen molar-refractivity contribution in [2.45, 2.75) is 54.9 Å². The van der Waals surface area contributed by atoms with Gasteiger partial charge in [-0.25, -0.2) is 0 Å². The largest absolute Gasteiger partial charge is 0.493 e. The summed E-state index contributed by atoms with van der Waals surface area (Å²) in [5.41, 5.74) is 0.805. The highest BCUT2D eigenvalue weighted by Gasteiger charge is 2.72. The lowest BCUT2D eigenvalue weighted by molar-refractivity contribution is -0.187. The Morgan fingerprint density at radius 2 is 2.18 bits per heavy atom. The molecule has 8 nitrogen and oxygen atoms in total. The van der Waals surface area contributed by atoms with E-state index in [4.69, 9.17) is 25.4 Å². The average molecular weight is 457 g/mol. The molecule has 2 aliphatic heterocycles. The molecule has 1 amide bonds. The maximum atomic E-state index is 12.7. The number of hydrogen-bond donors (Lipinski definition) is 2. The molecule has 2 N–H and O–H groups in total. The summed E-state index contributed by atoms with van der Waals surface area (Å²) in [6.45, 7) is 1.67. The van der Waals surface area contributed by atoms with E-state index in [0.717, 1.165) is 30.7 Å². The predicted molar refractivity (Wildman–Crippen MR) is 120 cm³/mol. The molecule has 1 saturated carbocycles. The van der Waals surface area contributed by atoms with Crippen molar-refractivity contribution >= 4 is 5.91 Å². The Morgan fingerprint density at radius 1 is 1.36 bits per heavy atom. The molecule has 0 radical (unpaired) electrons. The first-order chi connectivity index (χ1) is 16.0. The van der Waals surface area contributed by atoms with Crippen LogP contribution in [0.15, 0.2) is 12.1 Å². The second kappa shape index (κ2) is 8.48. The van der Waals surface area contributed by atoms with E-state index < -0.39 is 11.0 Å². The summed E-state index contributed by atoms with van der Waals surface area (Å²) in [6.07, 6.45) is 7.57. The van der Waals surface area contributed by atoms with Gasteiger partial charge in [0.15, 0.2) is 11.5 Å². The summed E-state index contributed by atoms with van der Waals surface area (Å²) in [5, 5.41) is 15.3. The van der Waals surface area contributed by atoms with Crippen LogP contribution in [-0.4, -0.2) is 86.8 Å². The van der Waals surface area contributed by atoms with Gasteiger partial charge in [-0.2, -0.15) is 0 Å². The lowest BCUT2D eigenvalue weighted by Crippen LogP contribution is -2.77. The number of carbonyl (C=O) groups is 1. The number of piperidine rings is 1. The number of rotatable bonds is 8. The van der Waals surface area contributed by atoms with E-state index in [0.29, 0.717) is 31.8 Å². The van der Waals surface area contributed by atoms with Crippen molar-refractivity contribution in [2.24, 2.45) is 0 Å². The number of nitrogens with one attached hydrogen (secondary N) is 1.